The van der Waals surface area contributed by atoms with Crippen molar-refractivity contribution in [2.24, 2.45) is 0 Å². The fourth-order valence-electron chi connectivity index (χ4n) is 2.46. The van der Waals surface area contributed by atoms with Gasteiger partial charge < -0.3 is 10.6 Å². The first-order valence-corrected chi connectivity index (χ1v) is 9.09. The number of hydrogen-bond donors (Lipinski definition) is 2. The summed E-state index contributed by atoms with van der Waals surface area (Å²) in [5.41, 5.74) is 0.410. The van der Waals surface area contributed by atoms with Crippen molar-refractivity contribution in [3.8, 4) is 0 Å². The van der Waals surface area contributed by atoms with E-state index in [0.29, 0.717) is 22.3 Å². The van der Waals surface area contributed by atoms with Crippen LogP contribution in [-0.2, 0) is 12.7 Å². The molecule has 0 atom stereocenters. The summed E-state index contributed by atoms with van der Waals surface area (Å²) in [6.45, 7) is 0.398. The van der Waals surface area contributed by atoms with Gasteiger partial charge in [0.15, 0.2) is 5.11 Å². The minimum absolute atomic E-state index is 0.0146. The third-order valence-electron chi connectivity index (χ3n) is 3.72. The van der Waals surface area contributed by atoms with Gasteiger partial charge in [0.05, 0.1) is 29.7 Å². The predicted molar refractivity (Wildman–Crippen MR) is 109 cm³/mol. The quantitative estimate of drug-likeness (QED) is 0.479. The highest BCUT2D eigenvalue weighted by Crippen LogP contribution is 2.34. The Labute approximate surface area is 174 Å². The van der Waals surface area contributed by atoms with Crippen molar-refractivity contribution in [1.29, 1.82) is 0 Å². The van der Waals surface area contributed by atoms with Crippen LogP contribution in [0.4, 0.5) is 24.5 Å². The number of halogens is 5. The van der Waals surface area contributed by atoms with Crippen molar-refractivity contribution < 1.29 is 13.2 Å². The zero-order valence-corrected chi connectivity index (χ0v) is 16.4. The number of benzene rings is 2. The number of alkyl halides is 3. The number of para-hydroxylation sites is 1. The molecular weight excluding hydrogens is 432 g/mol. The molecule has 0 radical (unpaired) electrons. The number of nitrogens with zero attached hydrogens (tertiary/aromatic N) is 2. The Morgan fingerprint density at radius 3 is 2.57 bits per heavy atom. The van der Waals surface area contributed by atoms with Crippen LogP contribution >= 0.6 is 35.4 Å². The van der Waals surface area contributed by atoms with Crippen molar-refractivity contribution in [1.82, 2.24) is 9.78 Å². The molecule has 0 unspecified atom stereocenters. The fraction of sp³-hybridized carbons (Fsp3) is 0.111. The minimum Gasteiger partial charge on any atom is -0.332 e. The van der Waals surface area contributed by atoms with Crippen LogP contribution < -0.4 is 10.6 Å². The maximum absolute atomic E-state index is 13.1. The summed E-state index contributed by atoms with van der Waals surface area (Å²) in [5.74, 6) is 0. The first-order chi connectivity index (χ1) is 13.2. The summed E-state index contributed by atoms with van der Waals surface area (Å²) in [4.78, 5) is 0. The zero-order chi connectivity index (χ0) is 20.3. The Kier molecular flexibility index (Phi) is 6.12. The average Bonchev–Trinajstić information content (AvgIpc) is 3.04. The zero-order valence-electron chi connectivity index (χ0n) is 14.1. The normalized spacial score (nSPS) is 11.3. The number of hydrogen-bond acceptors (Lipinski definition) is 2. The molecule has 0 aliphatic carbocycles. The molecule has 1 aromatic heterocycles. The van der Waals surface area contributed by atoms with E-state index in [1.807, 2.05) is 0 Å². The summed E-state index contributed by atoms with van der Waals surface area (Å²) < 4.78 is 40.8. The summed E-state index contributed by atoms with van der Waals surface area (Å²) in [5, 5.41) is 10.6. The topological polar surface area (TPSA) is 41.9 Å². The number of aromatic nitrogens is 2. The third-order valence-corrected chi connectivity index (χ3v) is 4.51. The van der Waals surface area contributed by atoms with E-state index in [1.54, 1.807) is 29.1 Å². The molecule has 0 fully saturated rings. The second-order valence-corrected chi connectivity index (χ2v) is 7.04. The molecule has 4 nitrogen and oxygen atoms in total. The summed E-state index contributed by atoms with van der Waals surface area (Å²) in [7, 11) is 0. The summed E-state index contributed by atoms with van der Waals surface area (Å²) >= 11 is 17.1. The molecule has 0 bridgehead atoms. The van der Waals surface area contributed by atoms with Crippen LogP contribution in [0.3, 0.4) is 0 Å². The molecule has 0 saturated carbocycles. The smallest absolute Gasteiger partial charge is 0.332 e. The third kappa shape index (κ3) is 5.15. The van der Waals surface area contributed by atoms with Crippen molar-refractivity contribution in [3.63, 3.8) is 0 Å². The van der Waals surface area contributed by atoms with E-state index in [1.165, 1.54) is 24.4 Å². The Hall–Kier alpha value is -2.29. The van der Waals surface area contributed by atoms with E-state index < -0.39 is 11.7 Å². The van der Waals surface area contributed by atoms with Crippen LogP contribution in [-0.4, -0.2) is 14.9 Å². The van der Waals surface area contributed by atoms with Gasteiger partial charge in [-0.1, -0.05) is 41.4 Å². The van der Waals surface area contributed by atoms with Gasteiger partial charge in [0.2, 0.25) is 0 Å². The Morgan fingerprint density at radius 1 is 1.11 bits per heavy atom. The molecule has 28 heavy (non-hydrogen) atoms. The van der Waals surface area contributed by atoms with Crippen LogP contribution in [0.2, 0.25) is 10.0 Å². The molecule has 10 heteroatoms. The van der Waals surface area contributed by atoms with Gasteiger partial charge >= 0.3 is 6.18 Å². The van der Waals surface area contributed by atoms with E-state index in [9.17, 15) is 13.2 Å². The van der Waals surface area contributed by atoms with E-state index in [2.05, 4.69) is 15.7 Å². The van der Waals surface area contributed by atoms with Crippen LogP contribution in [0.1, 0.15) is 11.1 Å². The monoisotopic (exact) mass is 444 g/mol. The van der Waals surface area contributed by atoms with Crippen LogP contribution in [0.25, 0.3) is 0 Å². The number of thiocarbonyl (C=S) groups is 1. The number of nitrogens with one attached hydrogen (secondary N) is 2. The van der Waals surface area contributed by atoms with Crippen molar-refractivity contribution in [2.45, 2.75) is 12.7 Å². The van der Waals surface area contributed by atoms with Crippen LogP contribution in [0, 0.1) is 0 Å². The van der Waals surface area contributed by atoms with Gasteiger partial charge in [-0.3, -0.25) is 4.68 Å². The van der Waals surface area contributed by atoms with Gasteiger partial charge in [0.25, 0.3) is 0 Å². The molecular formula is C18H13Cl2F3N4S. The van der Waals surface area contributed by atoms with E-state index in [-0.39, 0.29) is 10.8 Å². The molecule has 0 saturated heterocycles. The number of anilines is 2. The molecule has 146 valence electrons. The lowest BCUT2D eigenvalue weighted by Crippen LogP contribution is -2.21. The van der Waals surface area contributed by atoms with Crippen molar-refractivity contribution in [3.05, 3.63) is 76.0 Å². The predicted octanol–water partition coefficient (Wildman–Crippen LogP) is 6.07. The summed E-state index contributed by atoms with van der Waals surface area (Å²) in [6.07, 6.45) is -1.32. The standard InChI is InChI=1S/C18H13Cl2F3N4S/c19-12-6-5-11(15(20)7-12)9-27-10-13(8-24-27)25-17(28)26-16-4-2-1-3-14(16)18(21,22)23/h1-8,10H,9H2,(H2,25,26,28). The maximum atomic E-state index is 13.1. The highest BCUT2D eigenvalue weighted by Gasteiger charge is 2.33. The number of rotatable bonds is 4. The molecule has 2 N–H and O–H groups in total. The second-order valence-electron chi connectivity index (χ2n) is 5.78. The van der Waals surface area contributed by atoms with Gasteiger partial charge in [-0.2, -0.15) is 18.3 Å². The second kappa shape index (κ2) is 8.38. The lowest BCUT2D eigenvalue weighted by molar-refractivity contribution is -0.136. The lowest BCUT2D eigenvalue weighted by atomic mass is 10.1. The maximum Gasteiger partial charge on any atom is 0.418 e. The van der Waals surface area contributed by atoms with Crippen LogP contribution in [0.5, 0.6) is 0 Å². The molecule has 1 heterocycles. The molecule has 2 aromatic carbocycles. The average molecular weight is 445 g/mol. The first kappa shape index (κ1) is 20.4. The van der Waals surface area contributed by atoms with Gasteiger partial charge in [0.1, 0.15) is 0 Å². The Morgan fingerprint density at radius 2 is 1.86 bits per heavy atom. The lowest BCUT2D eigenvalue weighted by Gasteiger charge is -2.15. The van der Waals surface area contributed by atoms with Gasteiger partial charge in [-0.05, 0) is 42.0 Å². The van der Waals surface area contributed by atoms with Gasteiger partial charge in [-0.25, -0.2) is 0 Å². The Balaban J connectivity index is 1.66. The minimum atomic E-state index is -4.48. The molecule has 3 aromatic rings. The first-order valence-electron chi connectivity index (χ1n) is 7.93. The van der Waals surface area contributed by atoms with E-state index in [4.69, 9.17) is 35.4 Å². The molecule has 3 rings (SSSR count). The molecule has 0 aliphatic rings. The fourth-order valence-corrected chi connectivity index (χ4v) is 3.16. The molecule has 0 aliphatic heterocycles. The van der Waals surface area contributed by atoms with Gasteiger partial charge in [-0.15, -0.1) is 0 Å². The summed E-state index contributed by atoms with van der Waals surface area (Å²) in [6, 6.07) is 10.3. The molecule has 0 spiro atoms. The van der Waals surface area contributed by atoms with Crippen molar-refractivity contribution >= 4 is 51.9 Å². The van der Waals surface area contributed by atoms with E-state index >= 15 is 0 Å². The molecule has 0 amide bonds. The van der Waals surface area contributed by atoms with Crippen LogP contribution in [0.15, 0.2) is 54.9 Å². The highest BCUT2D eigenvalue weighted by atomic mass is 35.5. The largest absolute Gasteiger partial charge is 0.418 e. The van der Waals surface area contributed by atoms with Crippen molar-refractivity contribution in [2.75, 3.05) is 10.6 Å². The highest BCUT2D eigenvalue weighted by molar-refractivity contribution is 7.80. The SMILES string of the molecule is FC(F)(F)c1ccccc1NC(=S)Nc1cnn(Cc2ccc(Cl)cc2Cl)c1. The van der Waals surface area contributed by atoms with Gasteiger partial charge in [0, 0.05) is 16.2 Å². The Bertz CT molecular complexity index is 1000. The van der Waals surface area contributed by atoms with E-state index in [0.717, 1.165) is 11.6 Å².